The molecule has 0 atom stereocenters. The molecule has 132 valence electrons. The van der Waals surface area contributed by atoms with Crippen LogP contribution < -0.4 is 5.32 Å². The van der Waals surface area contributed by atoms with Crippen molar-refractivity contribution in [2.24, 2.45) is 0 Å². The molecule has 2 rings (SSSR count). The van der Waals surface area contributed by atoms with Gasteiger partial charge in [0.25, 0.3) is 0 Å². The van der Waals surface area contributed by atoms with Gasteiger partial charge in [-0.3, -0.25) is 0 Å². The van der Waals surface area contributed by atoms with E-state index in [0.717, 1.165) is 0 Å². The van der Waals surface area contributed by atoms with Crippen LogP contribution in [0.5, 0.6) is 0 Å². The molecule has 24 heavy (non-hydrogen) atoms. The Hall–Kier alpha value is -2.31. The number of rotatable bonds is 2. The number of carbonyl (C=O) groups is 2. The van der Waals surface area contributed by atoms with E-state index < -0.39 is 5.60 Å². The Kier molecular flexibility index (Phi) is 5.64. The Morgan fingerprint density at radius 1 is 1.12 bits per heavy atom. The van der Waals surface area contributed by atoms with Gasteiger partial charge in [0.15, 0.2) is 0 Å². The van der Waals surface area contributed by atoms with Crippen LogP contribution in [0.2, 0.25) is 0 Å². The van der Waals surface area contributed by atoms with Gasteiger partial charge in [0.05, 0.1) is 0 Å². The molecular weight excluding hydrogens is 313 g/mol. The summed E-state index contributed by atoms with van der Waals surface area (Å²) in [6.07, 6.45) is -0.367. The molecule has 1 N–H and O–H groups in total. The Labute approximate surface area is 141 Å². The SMILES string of the molecule is CC(C)(C)OC(=O)N1CCN(C(=O)NCc2ccccc2F)CC1. The number of benzene rings is 1. The van der Waals surface area contributed by atoms with E-state index in [1.165, 1.54) is 6.07 Å². The predicted molar refractivity (Wildman–Crippen MR) is 88.0 cm³/mol. The first kappa shape index (κ1) is 18.0. The Morgan fingerprint density at radius 3 is 2.29 bits per heavy atom. The third-order valence-corrected chi connectivity index (χ3v) is 3.61. The van der Waals surface area contributed by atoms with Crippen LogP contribution in [0.1, 0.15) is 26.3 Å². The number of halogens is 1. The molecule has 1 fully saturated rings. The van der Waals surface area contributed by atoms with Crippen molar-refractivity contribution in [3.8, 4) is 0 Å². The fourth-order valence-electron chi connectivity index (χ4n) is 2.34. The molecule has 1 aromatic rings. The van der Waals surface area contributed by atoms with Gasteiger partial charge < -0.3 is 19.9 Å². The van der Waals surface area contributed by atoms with Crippen LogP contribution in [-0.2, 0) is 11.3 Å². The average molecular weight is 337 g/mol. The number of ether oxygens (including phenoxy) is 1. The number of amides is 3. The van der Waals surface area contributed by atoms with Crippen LogP contribution in [0, 0.1) is 5.82 Å². The van der Waals surface area contributed by atoms with Gasteiger partial charge in [0, 0.05) is 38.3 Å². The fraction of sp³-hybridized carbons (Fsp3) is 0.529. The second-order valence-electron chi connectivity index (χ2n) is 6.70. The summed E-state index contributed by atoms with van der Waals surface area (Å²) in [6, 6.07) is 6.07. The quantitative estimate of drug-likeness (QED) is 0.902. The van der Waals surface area contributed by atoms with Gasteiger partial charge in [-0.2, -0.15) is 0 Å². The van der Waals surface area contributed by atoms with Crippen LogP contribution in [0.4, 0.5) is 14.0 Å². The molecule has 0 radical (unpaired) electrons. The number of urea groups is 1. The molecule has 0 aromatic heterocycles. The Bertz CT molecular complexity index is 593. The van der Waals surface area contributed by atoms with Crippen LogP contribution in [-0.4, -0.2) is 53.7 Å². The third kappa shape index (κ3) is 5.11. The van der Waals surface area contributed by atoms with Gasteiger partial charge in [-0.25, -0.2) is 14.0 Å². The van der Waals surface area contributed by atoms with Crippen molar-refractivity contribution >= 4 is 12.1 Å². The molecule has 0 unspecified atom stereocenters. The standard InChI is InChI=1S/C17H24FN3O3/c1-17(2,3)24-16(23)21-10-8-20(9-11-21)15(22)19-12-13-6-4-5-7-14(13)18/h4-7H,8-12H2,1-3H3,(H,19,22). The maximum Gasteiger partial charge on any atom is 0.410 e. The van der Waals surface area contributed by atoms with Crippen LogP contribution in [0.3, 0.4) is 0 Å². The highest BCUT2D eigenvalue weighted by Gasteiger charge is 2.27. The van der Waals surface area contributed by atoms with E-state index in [9.17, 15) is 14.0 Å². The normalized spacial score (nSPS) is 15.2. The van der Waals surface area contributed by atoms with Crippen LogP contribution in [0.15, 0.2) is 24.3 Å². The molecule has 0 bridgehead atoms. The van der Waals surface area contributed by atoms with Crippen LogP contribution >= 0.6 is 0 Å². The van der Waals surface area contributed by atoms with Crippen molar-refractivity contribution in [1.82, 2.24) is 15.1 Å². The minimum atomic E-state index is -0.536. The van der Waals surface area contributed by atoms with Gasteiger partial charge in [0.2, 0.25) is 0 Å². The molecule has 1 heterocycles. The summed E-state index contributed by atoms with van der Waals surface area (Å²) in [5.41, 5.74) is -0.0935. The molecule has 0 aliphatic carbocycles. The summed E-state index contributed by atoms with van der Waals surface area (Å²) in [5.74, 6) is -0.340. The topological polar surface area (TPSA) is 61.9 Å². The van der Waals surface area contributed by atoms with Crippen molar-refractivity contribution in [2.75, 3.05) is 26.2 Å². The van der Waals surface area contributed by atoms with Crippen molar-refractivity contribution < 1.29 is 18.7 Å². The average Bonchev–Trinajstić information content (AvgIpc) is 2.52. The highest BCUT2D eigenvalue weighted by Crippen LogP contribution is 2.12. The maximum absolute atomic E-state index is 13.5. The molecule has 0 spiro atoms. The minimum absolute atomic E-state index is 0.137. The van der Waals surface area contributed by atoms with Gasteiger partial charge in [-0.1, -0.05) is 18.2 Å². The smallest absolute Gasteiger partial charge is 0.410 e. The first-order valence-corrected chi connectivity index (χ1v) is 8.00. The summed E-state index contributed by atoms with van der Waals surface area (Å²) in [6.45, 7) is 7.26. The monoisotopic (exact) mass is 337 g/mol. The first-order valence-electron chi connectivity index (χ1n) is 8.00. The molecule has 1 aromatic carbocycles. The lowest BCUT2D eigenvalue weighted by Gasteiger charge is -2.35. The lowest BCUT2D eigenvalue weighted by molar-refractivity contribution is 0.0170. The highest BCUT2D eigenvalue weighted by atomic mass is 19.1. The zero-order valence-electron chi connectivity index (χ0n) is 14.3. The molecule has 1 saturated heterocycles. The van der Waals surface area contributed by atoms with Gasteiger partial charge in [-0.05, 0) is 26.8 Å². The summed E-state index contributed by atoms with van der Waals surface area (Å²) >= 11 is 0. The van der Waals surface area contributed by atoms with Crippen molar-refractivity contribution in [3.05, 3.63) is 35.6 Å². The van der Waals surface area contributed by atoms with Gasteiger partial charge >= 0.3 is 12.1 Å². The van der Waals surface area contributed by atoms with E-state index in [1.807, 2.05) is 20.8 Å². The van der Waals surface area contributed by atoms with Gasteiger partial charge in [-0.15, -0.1) is 0 Å². The predicted octanol–water partition coefficient (Wildman–Crippen LogP) is 2.59. The molecular formula is C17H24FN3O3. The van der Waals surface area contributed by atoms with E-state index in [2.05, 4.69) is 5.32 Å². The van der Waals surface area contributed by atoms with E-state index >= 15 is 0 Å². The largest absolute Gasteiger partial charge is 0.444 e. The third-order valence-electron chi connectivity index (χ3n) is 3.61. The Morgan fingerprint density at radius 2 is 1.71 bits per heavy atom. The lowest BCUT2D eigenvalue weighted by Crippen LogP contribution is -2.53. The second-order valence-corrected chi connectivity index (χ2v) is 6.70. The minimum Gasteiger partial charge on any atom is -0.444 e. The van der Waals surface area contributed by atoms with E-state index in [4.69, 9.17) is 4.74 Å². The van der Waals surface area contributed by atoms with Gasteiger partial charge in [0.1, 0.15) is 11.4 Å². The molecule has 3 amide bonds. The number of hydrogen-bond donors (Lipinski definition) is 1. The number of nitrogens with one attached hydrogen (secondary N) is 1. The van der Waals surface area contributed by atoms with Crippen molar-refractivity contribution in [1.29, 1.82) is 0 Å². The summed E-state index contributed by atoms with van der Waals surface area (Å²) in [5, 5.41) is 2.70. The van der Waals surface area contributed by atoms with Crippen molar-refractivity contribution in [2.45, 2.75) is 32.9 Å². The first-order chi connectivity index (χ1) is 11.3. The van der Waals surface area contributed by atoms with E-state index in [0.29, 0.717) is 31.7 Å². The van der Waals surface area contributed by atoms with Crippen molar-refractivity contribution in [3.63, 3.8) is 0 Å². The zero-order chi connectivity index (χ0) is 17.7. The second kappa shape index (κ2) is 7.51. The van der Waals surface area contributed by atoms with Crippen LogP contribution in [0.25, 0.3) is 0 Å². The number of piperazine rings is 1. The molecule has 0 saturated carbocycles. The zero-order valence-corrected chi connectivity index (χ0v) is 14.3. The van der Waals surface area contributed by atoms with E-state index in [1.54, 1.807) is 28.0 Å². The highest BCUT2D eigenvalue weighted by molar-refractivity contribution is 5.75. The lowest BCUT2D eigenvalue weighted by atomic mass is 10.2. The summed E-state index contributed by atoms with van der Waals surface area (Å²) < 4.78 is 18.9. The maximum atomic E-state index is 13.5. The molecule has 1 aliphatic heterocycles. The molecule has 6 nitrogen and oxygen atoms in total. The number of hydrogen-bond acceptors (Lipinski definition) is 3. The number of carbonyl (C=O) groups excluding carboxylic acids is 2. The summed E-state index contributed by atoms with van der Waals surface area (Å²) in [4.78, 5) is 27.3. The fourth-order valence-corrected chi connectivity index (χ4v) is 2.34. The molecule has 7 heteroatoms. The summed E-state index contributed by atoms with van der Waals surface area (Å²) in [7, 11) is 0. The number of nitrogens with zero attached hydrogens (tertiary/aromatic N) is 2. The molecule has 1 aliphatic rings. The Balaban J connectivity index is 1.78. The van der Waals surface area contributed by atoms with E-state index in [-0.39, 0.29) is 24.5 Å².